The third-order valence-corrected chi connectivity index (χ3v) is 8.68. The highest BCUT2D eigenvalue weighted by Gasteiger charge is 2.01. The normalized spacial score (nSPS) is 11.8. The highest BCUT2D eigenvalue weighted by molar-refractivity contribution is 5.75. The summed E-state index contributed by atoms with van der Waals surface area (Å²) in [6, 6.07) is 0. The largest absolute Gasteiger partial charge is 0.356 e. The first-order valence-corrected chi connectivity index (χ1v) is 19.4. The fourth-order valence-electron chi connectivity index (χ4n) is 5.75. The maximum atomic E-state index is 12.1. The SMILES string of the molecule is CCCCCCCCC=CCCCCCCCCCCCC(=O)NCCCCCCCCC=CCCCCCCCC. The molecule has 0 spiro atoms. The molecule has 0 aromatic heterocycles. The zero-order chi connectivity index (χ0) is 30.4. The van der Waals surface area contributed by atoms with Crippen LogP contribution >= 0.6 is 0 Å². The van der Waals surface area contributed by atoms with E-state index in [0.29, 0.717) is 0 Å². The third kappa shape index (κ3) is 37.0. The molecule has 0 saturated carbocycles. The maximum Gasteiger partial charge on any atom is 0.219 e. The minimum atomic E-state index is 0.267. The Balaban J connectivity index is 3.21. The summed E-state index contributed by atoms with van der Waals surface area (Å²) in [5, 5.41) is 3.14. The Kier molecular flexibility index (Phi) is 37.0. The van der Waals surface area contributed by atoms with Gasteiger partial charge in [0.25, 0.3) is 0 Å². The fourth-order valence-corrected chi connectivity index (χ4v) is 5.75. The number of amides is 1. The van der Waals surface area contributed by atoms with Crippen LogP contribution in [0.2, 0.25) is 0 Å². The summed E-state index contributed by atoms with van der Waals surface area (Å²) in [5.74, 6) is 0.267. The van der Waals surface area contributed by atoms with Crippen molar-refractivity contribution in [2.75, 3.05) is 6.54 Å². The molecule has 0 aromatic rings. The molecular weight excluding hydrogens is 510 g/mol. The van der Waals surface area contributed by atoms with Gasteiger partial charge in [0.15, 0.2) is 0 Å². The predicted octanol–water partition coefficient (Wildman–Crippen LogP) is 13.7. The minimum absolute atomic E-state index is 0.267. The number of rotatable bonds is 35. The van der Waals surface area contributed by atoms with Crippen molar-refractivity contribution in [3.8, 4) is 0 Å². The van der Waals surface area contributed by atoms with E-state index < -0.39 is 0 Å². The standard InChI is InChI=1S/C40H77NO/c1-3-5-7-9-11-13-15-17-19-21-22-23-24-26-28-30-32-34-36-38-40(42)41-39-37-35-33-31-29-27-25-20-18-16-14-12-10-8-6-4-2/h17-20H,3-16,21-39H2,1-2H3,(H,41,42). The first kappa shape index (κ1) is 41.0. The lowest BCUT2D eigenvalue weighted by molar-refractivity contribution is -0.121. The van der Waals surface area contributed by atoms with E-state index in [2.05, 4.69) is 43.5 Å². The molecule has 0 unspecified atom stereocenters. The number of unbranched alkanes of at least 4 members (excludes halogenated alkanes) is 27. The Morgan fingerprint density at radius 3 is 1.02 bits per heavy atom. The zero-order valence-electron chi connectivity index (χ0n) is 29.1. The summed E-state index contributed by atoms with van der Waals surface area (Å²) in [6.45, 7) is 5.44. The van der Waals surface area contributed by atoms with Gasteiger partial charge in [-0.2, -0.15) is 0 Å². The van der Waals surface area contributed by atoms with Crippen LogP contribution in [-0.2, 0) is 4.79 Å². The highest BCUT2D eigenvalue weighted by Crippen LogP contribution is 2.13. The lowest BCUT2D eigenvalue weighted by Gasteiger charge is -2.06. The van der Waals surface area contributed by atoms with E-state index in [1.807, 2.05) is 0 Å². The van der Waals surface area contributed by atoms with Crippen molar-refractivity contribution < 1.29 is 4.79 Å². The van der Waals surface area contributed by atoms with Crippen LogP contribution in [0.1, 0.15) is 219 Å². The molecule has 0 aliphatic heterocycles. The van der Waals surface area contributed by atoms with Crippen molar-refractivity contribution >= 4 is 5.91 Å². The van der Waals surface area contributed by atoms with Gasteiger partial charge in [0.2, 0.25) is 5.91 Å². The Bertz CT molecular complexity index is 566. The van der Waals surface area contributed by atoms with Gasteiger partial charge in [-0.1, -0.05) is 173 Å². The van der Waals surface area contributed by atoms with Crippen LogP contribution in [0.15, 0.2) is 24.3 Å². The molecule has 2 heteroatoms. The van der Waals surface area contributed by atoms with E-state index in [1.165, 1.54) is 186 Å². The molecule has 0 aromatic carbocycles. The zero-order valence-corrected chi connectivity index (χ0v) is 29.1. The molecule has 0 aliphatic carbocycles. The van der Waals surface area contributed by atoms with Gasteiger partial charge in [-0.3, -0.25) is 4.79 Å². The van der Waals surface area contributed by atoms with E-state index in [-0.39, 0.29) is 5.91 Å². The van der Waals surface area contributed by atoms with Gasteiger partial charge in [0.05, 0.1) is 0 Å². The molecular formula is C40H77NO. The van der Waals surface area contributed by atoms with Crippen LogP contribution in [0.3, 0.4) is 0 Å². The molecule has 0 aliphatic rings. The Morgan fingerprint density at radius 1 is 0.381 bits per heavy atom. The Labute approximate surface area is 265 Å². The van der Waals surface area contributed by atoms with Crippen molar-refractivity contribution in [2.45, 2.75) is 219 Å². The summed E-state index contributed by atoms with van der Waals surface area (Å²) in [4.78, 5) is 12.1. The molecule has 42 heavy (non-hydrogen) atoms. The first-order chi connectivity index (χ1) is 20.8. The van der Waals surface area contributed by atoms with Gasteiger partial charge in [-0.25, -0.2) is 0 Å². The van der Waals surface area contributed by atoms with Gasteiger partial charge in [-0.15, -0.1) is 0 Å². The summed E-state index contributed by atoms with van der Waals surface area (Å²) >= 11 is 0. The van der Waals surface area contributed by atoms with Crippen molar-refractivity contribution in [1.82, 2.24) is 5.32 Å². The third-order valence-electron chi connectivity index (χ3n) is 8.68. The quantitative estimate of drug-likeness (QED) is 0.0580. The molecule has 0 fully saturated rings. The van der Waals surface area contributed by atoms with Crippen LogP contribution in [0.4, 0.5) is 0 Å². The molecule has 1 amide bonds. The molecule has 0 heterocycles. The van der Waals surface area contributed by atoms with E-state index in [9.17, 15) is 4.79 Å². The summed E-state index contributed by atoms with van der Waals surface area (Å²) in [5.41, 5.74) is 0. The summed E-state index contributed by atoms with van der Waals surface area (Å²) in [7, 11) is 0. The molecule has 248 valence electrons. The number of allylic oxidation sites excluding steroid dienone is 4. The second-order valence-electron chi connectivity index (χ2n) is 13.0. The molecule has 0 radical (unpaired) electrons. The van der Waals surface area contributed by atoms with Gasteiger partial charge in [0, 0.05) is 13.0 Å². The van der Waals surface area contributed by atoms with Gasteiger partial charge in [0.1, 0.15) is 0 Å². The van der Waals surface area contributed by atoms with Crippen molar-refractivity contribution in [3.05, 3.63) is 24.3 Å². The number of hydrogen-bond donors (Lipinski definition) is 1. The second kappa shape index (κ2) is 38.0. The summed E-state index contributed by atoms with van der Waals surface area (Å²) in [6.07, 6.45) is 51.8. The molecule has 0 atom stereocenters. The number of carbonyl (C=O) groups is 1. The number of hydrogen-bond acceptors (Lipinski definition) is 1. The molecule has 0 bridgehead atoms. The van der Waals surface area contributed by atoms with E-state index in [0.717, 1.165) is 25.8 Å². The van der Waals surface area contributed by atoms with Crippen molar-refractivity contribution in [2.24, 2.45) is 0 Å². The van der Waals surface area contributed by atoms with Gasteiger partial charge >= 0.3 is 0 Å². The maximum absolute atomic E-state index is 12.1. The van der Waals surface area contributed by atoms with E-state index in [1.54, 1.807) is 0 Å². The molecule has 1 N–H and O–H groups in total. The van der Waals surface area contributed by atoms with Gasteiger partial charge in [-0.05, 0) is 64.2 Å². The summed E-state index contributed by atoms with van der Waals surface area (Å²) < 4.78 is 0. The molecule has 0 rings (SSSR count). The highest BCUT2D eigenvalue weighted by atomic mass is 16.1. The van der Waals surface area contributed by atoms with E-state index in [4.69, 9.17) is 0 Å². The predicted molar refractivity (Wildman–Crippen MR) is 190 cm³/mol. The smallest absolute Gasteiger partial charge is 0.219 e. The van der Waals surface area contributed by atoms with E-state index >= 15 is 0 Å². The van der Waals surface area contributed by atoms with Crippen LogP contribution < -0.4 is 5.32 Å². The molecule has 0 saturated heterocycles. The van der Waals surface area contributed by atoms with Crippen molar-refractivity contribution in [1.29, 1.82) is 0 Å². The fraction of sp³-hybridized carbons (Fsp3) is 0.875. The van der Waals surface area contributed by atoms with Crippen LogP contribution in [0.5, 0.6) is 0 Å². The molecule has 2 nitrogen and oxygen atoms in total. The lowest BCUT2D eigenvalue weighted by Crippen LogP contribution is -2.23. The number of nitrogens with one attached hydrogen (secondary N) is 1. The van der Waals surface area contributed by atoms with Gasteiger partial charge < -0.3 is 5.32 Å². The number of carbonyl (C=O) groups excluding carboxylic acids is 1. The first-order valence-electron chi connectivity index (χ1n) is 19.4. The van der Waals surface area contributed by atoms with Crippen molar-refractivity contribution in [3.63, 3.8) is 0 Å². The van der Waals surface area contributed by atoms with Crippen LogP contribution in [0, 0.1) is 0 Å². The monoisotopic (exact) mass is 588 g/mol. The average molecular weight is 588 g/mol. The lowest BCUT2D eigenvalue weighted by atomic mass is 10.1. The van der Waals surface area contributed by atoms with Crippen LogP contribution in [-0.4, -0.2) is 12.5 Å². The Hall–Kier alpha value is -1.05. The van der Waals surface area contributed by atoms with Crippen LogP contribution in [0.25, 0.3) is 0 Å². The second-order valence-corrected chi connectivity index (χ2v) is 13.0. The Morgan fingerprint density at radius 2 is 0.667 bits per heavy atom. The minimum Gasteiger partial charge on any atom is -0.356 e. The topological polar surface area (TPSA) is 29.1 Å². The average Bonchev–Trinajstić information content (AvgIpc) is 3.00.